The second-order valence-electron chi connectivity index (χ2n) is 7.47. The number of hydrazone groups is 1. The van der Waals surface area contributed by atoms with Gasteiger partial charge < -0.3 is 10.1 Å². The number of carbonyl (C=O) groups is 2. The summed E-state index contributed by atoms with van der Waals surface area (Å²) in [5.41, 5.74) is 4.06. The fourth-order valence-corrected chi connectivity index (χ4v) is 3.21. The highest BCUT2D eigenvalue weighted by Gasteiger charge is 2.11. The number of non-ortho nitro benzene ring substituents is 1. The molecule has 0 aliphatic heterocycles. The number of hydrogen-bond donors (Lipinski definition) is 2. The van der Waals surface area contributed by atoms with E-state index < -0.39 is 10.9 Å². The highest BCUT2D eigenvalue weighted by atomic mass is 16.6. The van der Waals surface area contributed by atoms with E-state index in [1.54, 1.807) is 24.3 Å². The number of esters is 1. The highest BCUT2D eigenvalue weighted by molar-refractivity contribution is 5.91. The van der Waals surface area contributed by atoms with Crippen LogP contribution in [0.5, 0.6) is 5.75 Å². The molecule has 0 bridgehead atoms. The first-order valence-electron chi connectivity index (χ1n) is 10.6. The van der Waals surface area contributed by atoms with E-state index in [1.807, 2.05) is 42.5 Å². The predicted molar refractivity (Wildman–Crippen MR) is 133 cm³/mol. The highest BCUT2D eigenvalue weighted by Crippen LogP contribution is 2.19. The van der Waals surface area contributed by atoms with Gasteiger partial charge in [0.05, 0.1) is 23.2 Å². The molecule has 0 radical (unpaired) electrons. The molecule has 0 heterocycles. The summed E-state index contributed by atoms with van der Waals surface area (Å²) in [5.74, 6) is -0.635. The van der Waals surface area contributed by atoms with Crippen molar-refractivity contribution in [3.8, 4) is 5.75 Å². The van der Waals surface area contributed by atoms with Crippen LogP contribution in [0.1, 0.15) is 15.9 Å². The van der Waals surface area contributed by atoms with Crippen molar-refractivity contribution in [1.29, 1.82) is 0 Å². The predicted octanol–water partition coefficient (Wildman–Crippen LogP) is 4.53. The fraction of sp³-hybridized carbons (Fsp3) is 0.0385. The van der Waals surface area contributed by atoms with E-state index in [9.17, 15) is 19.7 Å². The quantitative estimate of drug-likeness (QED) is 0.129. The zero-order valence-corrected chi connectivity index (χ0v) is 18.4. The summed E-state index contributed by atoms with van der Waals surface area (Å²) in [7, 11) is 0. The lowest BCUT2D eigenvalue weighted by Crippen LogP contribution is -2.25. The molecular weight excluding hydrogens is 448 g/mol. The second kappa shape index (κ2) is 10.7. The topological polar surface area (TPSA) is 123 Å². The van der Waals surface area contributed by atoms with Crippen LogP contribution in [0, 0.1) is 10.1 Å². The average Bonchev–Trinajstić information content (AvgIpc) is 2.88. The van der Waals surface area contributed by atoms with E-state index in [0.29, 0.717) is 11.3 Å². The van der Waals surface area contributed by atoms with Gasteiger partial charge in [-0.1, -0.05) is 30.3 Å². The van der Waals surface area contributed by atoms with E-state index in [4.69, 9.17) is 4.74 Å². The molecule has 0 saturated carbocycles. The van der Waals surface area contributed by atoms with Crippen molar-refractivity contribution in [2.75, 3.05) is 11.9 Å². The number of nitro benzene ring substituents is 1. The molecule has 4 rings (SSSR count). The molecule has 174 valence electrons. The Morgan fingerprint density at radius 1 is 0.914 bits per heavy atom. The maximum atomic E-state index is 12.2. The van der Waals surface area contributed by atoms with Gasteiger partial charge in [-0.05, 0) is 64.9 Å². The van der Waals surface area contributed by atoms with Crippen molar-refractivity contribution >= 4 is 40.2 Å². The Morgan fingerprint density at radius 3 is 2.34 bits per heavy atom. The van der Waals surface area contributed by atoms with Crippen LogP contribution >= 0.6 is 0 Å². The van der Waals surface area contributed by atoms with E-state index in [-0.39, 0.29) is 23.7 Å². The number of amides is 1. The zero-order chi connectivity index (χ0) is 24.6. The molecule has 0 aliphatic carbocycles. The second-order valence-corrected chi connectivity index (χ2v) is 7.47. The first-order chi connectivity index (χ1) is 17.0. The first-order valence-corrected chi connectivity index (χ1v) is 10.6. The number of anilines is 1. The number of fused-ring (bicyclic) bond motifs is 1. The minimum atomic E-state index is -0.632. The molecule has 2 N–H and O–H groups in total. The Bertz CT molecular complexity index is 1400. The Labute approximate surface area is 200 Å². The number of carbonyl (C=O) groups excluding carboxylic acids is 2. The summed E-state index contributed by atoms with van der Waals surface area (Å²) in [4.78, 5) is 34.4. The SMILES string of the molecule is O=C(CNc1ccc2ccccc2c1)NN=Cc1ccc(OC(=O)c2ccc([N+](=O)[O-])cc2)cc1. The Morgan fingerprint density at radius 2 is 1.63 bits per heavy atom. The molecule has 0 atom stereocenters. The van der Waals surface area contributed by atoms with Crippen molar-refractivity contribution in [3.05, 3.63) is 112 Å². The first kappa shape index (κ1) is 23.1. The summed E-state index contributed by atoms with van der Waals surface area (Å²) >= 11 is 0. The number of nitro groups is 1. The zero-order valence-electron chi connectivity index (χ0n) is 18.4. The van der Waals surface area contributed by atoms with Gasteiger partial charge in [-0.15, -0.1) is 0 Å². The van der Waals surface area contributed by atoms with Crippen molar-refractivity contribution < 1.29 is 19.2 Å². The Hall–Kier alpha value is -5.05. The standard InChI is InChI=1S/C26H20N4O5/c31-25(17-27-22-10-7-19-3-1-2-4-21(19)15-22)29-28-16-18-5-13-24(14-6-18)35-26(32)20-8-11-23(12-9-20)30(33)34/h1-16,27H,17H2,(H,29,31). The van der Waals surface area contributed by atoms with Crippen LogP contribution in [0.2, 0.25) is 0 Å². The number of rotatable bonds is 8. The van der Waals surface area contributed by atoms with E-state index in [1.165, 1.54) is 30.5 Å². The number of hydrogen-bond acceptors (Lipinski definition) is 7. The summed E-state index contributed by atoms with van der Waals surface area (Å²) in [5, 5.41) is 19.9. The van der Waals surface area contributed by atoms with Gasteiger partial charge in [-0.3, -0.25) is 14.9 Å². The molecule has 35 heavy (non-hydrogen) atoms. The van der Waals surface area contributed by atoms with Gasteiger partial charge >= 0.3 is 5.97 Å². The van der Waals surface area contributed by atoms with Gasteiger partial charge in [0.15, 0.2) is 0 Å². The van der Waals surface area contributed by atoms with Crippen LogP contribution in [-0.2, 0) is 4.79 Å². The maximum absolute atomic E-state index is 12.2. The minimum absolute atomic E-state index is 0.0627. The van der Waals surface area contributed by atoms with Crippen molar-refractivity contribution in [1.82, 2.24) is 5.43 Å². The van der Waals surface area contributed by atoms with Crippen molar-refractivity contribution in [3.63, 3.8) is 0 Å². The smallest absolute Gasteiger partial charge is 0.343 e. The molecule has 4 aromatic carbocycles. The molecule has 0 aliphatic rings. The van der Waals surface area contributed by atoms with Gasteiger partial charge in [0.1, 0.15) is 5.75 Å². The Balaban J connectivity index is 1.25. The summed E-state index contributed by atoms with van der Waals surface area (Å²) in [6.07, 6.45) is 1.47. The van der Waals surface area contributed by atoms with Gasteiger partial charge in [-0.25, -0.2) is 10.2 Å². The maximum Gasteiger partial charge on any atom is 0.343 e. The lowest BCUT2D eigenvalue weighted by atomic mass is 10.1. The molecule has 0 aromatic heterocycles. The third-order valence-electron chi connectivity index (χ3n) is 5.01. The number of nitrogens with one attached hydrogen (secondary N) is 2. The van der Waals surface area contributed by atoms with Crippen LogP contribution in [0.15, 0.2) is 96.1 Å². The third-order valence-corrected chi connectivity index (χ3v) is 5.01. The summed E-state index contributed by atoms with van der Waals surface area (Å²) in [6, 6.07) is 25.5. The van der Waals surface area contributed by atoms with E-state index in [2.05, 4.69) is 15.8 Å². The van der Waals surface area contributed by atoms with Crippen molar-refractivity contribution in [2.45, 2.75) is 0 Å². The molecule has 0 saturated heterocycles. The third kappa shape index (κ3) is 6.26. The van der Waals surface area contributed by atoms with Crippen LogP contribution in [0.3, 0.4) is 0 Å². The molecule has 1 amide bonds. The normalized spacial score (nSPS) is 10.7. The largest absolute Gasteiger partial charge is 0.423 e. The lowest BCUT2D eigenvalue weighted by Gasteiger charge is -2.07. The fourth-order valence-electron chi connectivity index (χ4n) is 3.21. The van der Waals surface area contributed by atoms with Gasteiger partial charge in [-0.2, -0.15) is 5.10 Å². The molecule has 0 fully saturated rings. The average molecular weight is 468 g/mol. The molecule has 0 spiro atoms. The van der Waals surface area contributed by atoms with E-state index in [0.717, 1.165) is 16.5 Å². The number of nitrogens with zero attached hydrogens (tertiary/aromatic N) is 2. The lowest BCUT2D eigenvalue weighted by molar-refractivity contribution is -0.384. The minimum Gasteiger partial charge on any atom is -0.423 e. The van der Waals surface area contributed by atoms with Gasteiger partial charge in [0, 0.05) is 17.8 Å². The summed E-state index contributed by atoms with van der Waals surface area (Å²) < 4.78 is 5.27. The summed E-state index contributed by atoms with van der Waals surface area (Å²) in [6.45, 7) is 0.0627. The Kier molecular flexibility index (Phi) is 7.08. The van der Waals surface area contributed by atoms with E-state index >= 15 is 0 Å². The van der Waals surface area contributed by atoms with Gasteiger partial charge in [0.25, 0.3) is 11.6 Å². The van der Waals surface area contributed by atoms with Gasteiger partial charge in [0.2, 0.25) is 0 Å². The molecular formula is C26H20N4O5. The van der Waals surface area contributed by atoms with Crippen LogP contribution in [0.4, 0.5) is 11.4 Å². The number of ether oxygens (including phenoxy) is 1. The molecule has 9 nitrogen and oxygen atoms in total. The van der Waals surface area contributed by atoms with Crippen LogP contribution < -0.4 is 15.5 Å². The molecule has 9 heteroatoms. The van der Waals surface area contributed by atoms with Crippen molar-refractivity contribution in [2.24, 2.45) is 5.10 Å². The molecule has 0 unspecified atom stereocenters. The van der Waals surface area contributed by atoms with Crippen LogP contribution in [0.25, 0.3) is 10.8 Å². The number of benzene rings is 4. The van der Waals surface area contributed by atoms with Crippen LogP contribution in [-0.4, -0.2) is 29.6 Å². The molecule has 4 aromatic rings. The monoisotopic (exact) mass is 468 g/mol.